The van der Waals surface area contributed by atoms with Crippen molar-refractivity contribution in [2.75, 3.05) is 63.7 Å². The zero-order chi connectivity index (χ0) is 41.8. The topological polar surface area (TPSA) is 141 Å². The largest absolute Gasteiger partial charge is 0.497 e. The third-order valence-electron chi connectivity index (χ3n) is 10.6. The molecule has 0 spiro atoms. The number of hydrogen-bond donors (Lipinski definition) is 3. The molecule has 1 aliphatic carbocycles. The highest BCUT2D eigenvalue weighted by Crippen LogP contribution is 2.40. The fraction of sp³-hybridized carbons (Fsp3) is 0.333. The van der Waals surface area contributed by atoms with Crippen LogP contribution in [0.15, 0.2) is 91.4 Å². The second kappa shape index (κ2) is 19.9. The van der Waals surface area contributed by atoms with Gasteiger partial charge in [-0.1, -0.05) is 24.6 Å². The Labute approximate surface area is 348 Å². The standard InChI is InChI=1S/C45H50F2N8O5/c1-56-36-14-15-37(40(24-36)58-3)42(31-9-12-35(13-10-31)60-27-30-6-5-7-30)55(21-19-29-8-17-39(57-2)41(22-29)59-4)45-53-43(49-20-18-34-26-48-28-51-34)52-44(54-45)50-25-32-23-33(46)11-16-38(32)47/h8-17,22-24,26,28,30,42H,5-7,18-21,25,27H2,1-4H3,(H,48,51)(H2,49,50,52,53,54). The van der Waals surface area contributed by atoms with E-state index in [9.17, 15) is 8.78 Å². The quantitative estimate of drug-likeness (QED) is 0.0645. The van der Waals surface area contributed by atoms with Crippen LogP contribution in [0, 0.1) is 17.6 Å². The average molecular weight is 821 g/mol. The number of anilines is 3. The summed E-state index contributed by atoms with van der Waals surface area (Å²) in [5.74, 6) is 3.44. The van der Waals surface area contributed by atoms with E-state index < -0.39 is 17.7 Å². The lowest BCUT2D eigenvalue weighted by Crippen LogP contribution is -2.34. The van der Waals surface area contributed by atoms with Crippen LogP contribution in [0.5, 0.6) is 28.7 Å². The maximum Gasteiger partial charge on any atom is 0.232 e. The van der Waals surface area contributed by atoms with Crippen LogP contribution < -0.4 is 39.2 Å². The molecule has 15 heteroatoms. The maximum absolute atomic E-state index is 14.8. The summed E-state index contributed by atoms with van der Waals surface area (Å²) in [7, 11) is 6.44. The van der Waals surface area contributed by atoms with Gasteiger partial charge in [0.15, 0.2) is 11.5 Å². The van der Waals surface area contributed by atoms with E-state index in [0.717, 1.165) is 46.3 Å². The first-order chi connectivity index (χ1) is 29.3. The average Bonchev–Trinajstić information content (AvgIpc) is 3.78. The van der Waals surface area contributed by atoms with E-state index in [1.807, 2.05) is 60.7 Å². The summed E-state index contributed by atoms with van der Waals surface area (Å²) in [4.78, 5) is 24.0. The van der Waals surface area contributed by atoms with Crippen molar-refractivity contribution in [2.24, 2.45) is 5.92 Å². The molecule has 6 aromatic rings. The van der Waals surface area contributed by atoms with E-state index in [0.29, 0.717) is 67.4 Å². The summed E-state index contributed by atoms with van der Waals surface area (Å²) >= 11 is 0. The van der Waals surface area contributed by atoms with Crippen LogP contribution in [0.25, 0.3) is 0 Å². The maximum atomic E-state index is 14.8. The number of aromatic nitrogens is 5. The molecule has 60 heavy (non-hydrogen) atoms. The second-order valence-corrected chi connectivity index (χ2v) is 14.4. The van der Waals surface area contributed by atoms with Gasteiger partial charge in [-0.05, 0) is 90.9 Å². The van der Waals surface area contributed by atoms with Crippen LogP contribution in [-0.2, 0) is 19.4 Å². The minimum Gasteiger partial charge on any atom is -0.497 e. The first-order valence-corrected chi connectivity index (χ1v) is 19.9. The Morgan fingerprint density at radius 2 is 1.53 bits per heavy atom. The van der Waals surface area contributed by atoms with Crippen LogP contribution in [0.2, 0.25) is 0 Å². The molecule has 0 amide bonds. The number of benzene rings is 4. The Hall–Kier alpha value is -6.64. The molecule has 13 nitrogen and oxygen atoms in total. The number of ether oxygens (including phenoxy) is 5. The molecular formula is C45H50F2N8O5. The van der Waals surface area contributed by atoms with Gasteiger partial charge in [-0.15, -0.1) is 0 Å². The van der Waals surface area contributed by atoms with Crippen molar-refractivity contribution in [1.29, 1.82) is 0 Å². The second-order valence-electron chi connectivity index (χ2n) is 14.4. The molecule has 0 saturated heterocycles. The molecule has 2 heterocycles. The van der Waals surface area contributed by atoms with Crippen LogP contribution in [-0.4, -0.2) is 73.1 Å². The third kappa shape index (κ3) is 10.3. The summed E-state index contributed by atoms with van der Waals surface area (Å²) in [6.45, 7) is 1.46. The van der Waals surface area contributed by atoms with E-state index in [1.165, 1.54) is 19.3 Å². The van der Waals surface area contributed by atoms with E-state index in [-0.39, 0.29) is 24.0 Å². The lowest BCUT2D eigenvalue weighted by atomic mass is 9.86. The third-order valence-corrected chi connectivity index (χ3v) is 10.6. The molecule has 1 fully saturated rings. The van der Waals surface area contributed by atoms with Gasteiger partial charge >= 0.3 is 0 Å². The monoisotopic (exact) mass is 820 g/mol. The predicted octanol–water partition coefficient (Wildman–Crippen LogP) is 8.19. The zero-order valence-electron chi connectivity index (χ0n) is 34.2. The Kier molecular flexibility index (Phi) is 13.8. The normalized spacial score (nSPS) is 12.9. The SMILES string of the molecule is COc1ccc(C(c2ccc(OCC3CCC3)cc2)N(CCc2ccc(OC)c(OC)c2)c2nc(NCCc3cnc[nH]3)nc(NCc3cc(F)ccc3F)n2)c(OC)c1. The van der Waals surface area contributed by atoms with Gasteiger partial charge in [0.05, 0.1) is 47.4 Å². The van der Waals surface area contributed by atoms with Crippen molar-refractivity contribution >= 4 is 17.8 Å². The van der Waals surface area contributed by atoms with Gasteiger partial charge in [0.25, 0.3) is 0 Å². The van der Waals surface area contributed by atoms with Crippen LogP contribution >= 0.6 is 0 Å². The van der Waals surface area contributed by atoms with Crippen molar-refractivity contribution in [3.05, 3.63) is 131 Å². The number of halogens is 2. The van der Waals surface area contributed by atoms with Crippen molar-refractivity contribution in [3.63, 3.8) is 0 Å². The van der Waals surface area contributed by atoms with Crippen LogP contribution in [0.1, 0.15) is 53.3 Å². The fourth-order valence-electron chi connectivity index (χ4n) is 7.06. The number of H-pyrrole nitrogens is 1. The molecule has 1 atom stereocenters. The van der Waals surface area contributed by atoms with Crippen LogP contribution in [0.4, 0.5) is 26.6 Å². The Morgan fingerprint density at radius 1 is 0.767 bits per heavy atom. The highest BCUT2D eigenvalue weighted by molar-refractivity contribution is 5.55. The van der Waals surface area contributed by atoms with E-state index in [4.69, 9.17) is 33.7 Å². The highest BCUT2D eigenvalue weighted by atomic mass is 19.1. The predicted molar refractivity (Wildman–Crippen MR) is 226 cm³/mol. The first kappa shape index (κ1) is 41.5. The molecule has 4 aromatic carbocycles. The molecule has 2 aromatic heterocycles. The number of methoxy groups -OCH3 is 4. The summed E-state index contributed by atoms with van der Waals surface area (Å²) in [6.07, 6.45) is 8.15. The minimum atomic E-state index is -0.556. The molecular weight excluding hydrogens is 771 g/mol. The van der Waals surface area contributed by atoms with Gasteiger partial charge in [0.2, 0.25) is 17.8 Å². The lowest BCUT2D eigenvalue weighted by Gasteiger charge is -2.34. The summed E-state index contributed by atoms with van der Waals surface area (Å²) in [6, 6.07) is 22.4. The number of nitrogens with zero attached hydrogens (tertiary/aromatic N) is 5. The Morgan fingerprint density at radius 3 is 2.23 bits per heavy atom. The molecule has 0 radical (unpaired) electrons. The molecule has 0 bridgehead atoms. The number of nitrogens with one attached hydrogen (secondary N) is 3. The molecule has 1 unspecified atom stereocenters. The van der Waals surface area contributed by atoms with Crippen molar-refractivity contribution < 1.29 is 32.5 Å². The lowest BCUT2D eigenvalue weighted by molar-refractivity contribution is 0.180. The van der Waals surface area contributed by atoms with E-state index in [2.05, 4.69) is 30.5 Å². The molecule has 0 aliphatic heterocycles. The van der Waals surface area contributed by atoms with Crippen molar-refractivity contribution in [2.45, 2.75) is 44.7 Å². The Bertz CT molecular complexity index is 2310. The molecule has 1 saturated carbocycles. The van der Waals surface area contributed by atoms with Crippen molar-refractivity contribution in [3.8, 4) is 28.7 Å². The molecule has 1 aliphatic rings. The fourth-order valence-corrected chi connectivity index (χ4v) is 7.06. The summed E-state index contributed by atoms with van der Waals surface area (Å²) in [5.41, 5.74) is 3.76. The van der Waals surface area contributed by atoms with E-state index in [1.54, 1.807) is 41.0 Å². The summed E-state index contributed by atoms with van der Waals surface area (Å²) in [5, 5.41) is 6.46. The molecule has 7 rings (SSSR count). The molecule has 314 valence electrons. The summed E-state index contributed by atoms with van der Waals surface area (Å²) < 4.78 is 58.1. The first-order valence-electron chi connectivity index (χ1n) is 19.9. The highest BCUT2D eigenvalue weighted by Gasteiger charge is 2.30. The van der Waals surface area contributed by atoms with Crippen molar-refractivity contribution in [1.82, 2.24) is 24.9 Å². The van der Waals surface area contributed by atoms with Gasteiger partial charge in [0, 0.05) is 55.1 Å². The number of imidazole rings is 1. The van der Waals surface area contributed by atoms with Gasteiger partial charge in [-0.2, -0.15) is 15.0 Å². The minimum absolute atomic E-state index is 0.0790. The van der Waals surface area contributed by atoms with Gasteiger partial charge < -0.3 is 44.2 Å². The van der Waals surface area contributed by atoms with Gasteiger partial charge in [-0.3, -0.25) is 0 Å². The zero-order valence-corrected chi connectivity index (χ0v) is 34.2. The van der Waals surface area contributed by atoms with Gasteiger partial charge in [0.1, 0.15) is 28.9 Å². The number of aromatic amines is 1. The Balaban J connectivity index is 1.33. The smallest absolute Gasteiger partial charge is 0.232 e. The molecule has 3 N–H and O–H groups in total. The number of hydrogen-bond acceptors (Lipinski definition) is 12. The van der Waals surface area contributed by atoms with Crippen LogP contribution in [0.3, 0.4) is 0 Å². The van der Waals surface area contributed by atoms with E-state index >= 15 is 0 Å². The number of rotatable bonds is 21. The van der Waals surface area contributed by atoms with Gasteiger partial charge in [-0.25, -0.2) is 13.8 Å².